The van der Waals surface area contributed by atoms with E-state index in [0.717, 1.165) is 70.3 Å². The molecule has 3 aliphatic carbocycles. The lowest BCUT2D eigenvalue weighted by Gasteiger charge is -2.44. The lowest BCUT2D eigenvalue weighted by molar-refractivity contribution is -0.147. The quantitative estimate of drug-likeness (QED) is 0.378. The van der Waals surface area contributed by atoms with Crippen LogP contribution in [-0.4, -0.2) is 41.3 Å². The molecule has 5 rings (SSSR count). The Kier molecular flexibility index (Phi) is 9.63. The van der Waals surface area contributed by atoms with E-state index in [1.54, 1.807) is 0 Å². The zero-order valence-electron chi connectivity index (χ0n) is 23.1. The molecule has 0 aromatic rings. The molecule has 4 nitrogen and oxygen atoms in total. The lowest BCUT2D eigenvalue weighted by Crippen LogP contribution is -2.44. The molecule has 2 unspecified atom stereocenters. The third-order valence-corrected chi connectivity index (χ3v) is 10.5. The SMILES string of the molecule is CCOC1CCC(C2CCCCCC2)OC2(CCC([C@H](O)C3=CN=C(C4CCCCC4)CC3)CC2)C1. The van der Waals surface area contributed by atoms with E-state index in [2.05, 4.69) is 13.1 Å². The molecule has 0 aromatic carbocycles. The molecule has 3 saturated carbocycles. The normalized spacial score (nSPS) is 36.6. The second-order valence-corrected chi connectivity index (χ2v) is 12.9. The van der Waals surface area contributed by atoms with Crippen LogP contribution in [-0.2, 0) is 9.47 Å². The Hall–Kier alpha value is -0.710. The van der Waals surface area contributed by atoms with Crippen LogP contribution in [0.3, 0.4) is 0 Å². The van der Waals surface area contributed by atoms with E-state index in [1.165, 1.54) is 81.9 Å². The number of aliphatic imine (C=N–C) groups is 1. The van der Waals surface area contributed by atoms with Gasteiger partial charge in [0.15, 0.2) is 0 Å². The van der Waals surface area contributed by atoms with Crippen LogP contribution in [0, 0.1) is 17.8 Å². The average molecular weight is 500 g/mol. The maximum Gasteiger partial charge on any atom is 0.0796 e. The summed E-state index contributed by atoms with van der Waals surface area (Å²) in [5, 5.41) is 11.4. The summed E-state index contributed by atoms with van der Waals surface area (Å²) in [7, 11) is 0. The summed E-state index contributed by atoms with van der Waals surface area (Å²) in [6.07, 6.45) is 27.2. The van der Waals surface area contributed by atoms with E-state index in [9.17, 15) is 5.11 Å². The molecule has 204 valence electrons. The maximum atomic E-state index is 11.4. The molecular weight excluding hydrogens is 446 g/mol. The molecule has 4 heteroatoms. The third-order valence-electron chi connectivity index (χ3n) is 10.5. The lowest BCUT2D eigenvalue weighted by atomic mass is 9.72. The minimum atomic E-state index is -0.329. The first-order chi connectivity index (χ1) is 17.7. The molecule has 0 amide bonds. The van der Waals surface area contributed by atoms with Crippen molar-refractivity contribution in [2.24, 2.45) is 22.7 Å². The minimum Gasteiger partial charge on any atom is -0.388 e. The topological polar surface area (TPSA) is 51.0 Å². The van der Waals surface area contributed by atoms with Crippen LogP contribution in [0.5, 0.6) is 0 Å². The van der Waals surface area contributed by atoms with Crippen LogP contribution in [0.1, 0.15) is 135 Å². The molecule has 36 heavy (non-hydrogen) atoms. The maximum absolute atomic E-state index is 11.4. The summed E-state index contributed by atoms with van der Waals surface area (Å²) >= 11 is 0. The molecule has 1 saturated heterocycles. The molecule has 0 aromatic heterocycles. The first-order valence-electron chi connectivity index (χ1n) is 15.9. The van der Waals surface area contributed by atoms with E-state index < -0.39 is 0 Å². The van der Waals surface area contributed by atoms with Gasteiger partial charge in [-0.25, -0.2) is 0 Å². The van der Waals surface area contributed by atoms with Crippen molar-refractivity contribution >= 4 is 5.71 Å². The Morgan fingerprint density at radius 1 is 0.917 bits per heavy atom. The summed E-state index contributed by atoms with van der Waals surface area (Å²) in [6, 6.07) is 0. The monoisotopic (exact) mass is 499 g/mol. The molecule has 4 fully saturated rings. The van der Waals surface area contributed by atoms with Crippen LogP contribution >= 0.6 is 0 Å². The third kappa shape index (κ3) is 6.64. The highest BCUT2D eigenvalue weighted by Crippen LogP contribution is 2.46. The summed E-state index contributed by atoms with van der Waals surface area (Å²) in [4.78, 5) is 4.90. The van der Waals surface area contributed by atoms with Gasteiger partial charge in [0, 0.05) is 24.9 Å². The van der Waals surface area contributed by atoms with Crippen LogP contribution in [0.15, 0.2) is 16.8 Å². The number of hydrogen-bond donors (Lipinski definition) is 1. The smallest absolute Gasteiger partial charge is 0.0796 e. The summed E-state index contributed by atoms with van der Waals surface area (Å²) < 4.78 is 13.4. The molecule has 5 aliphatic rings. The number of nitrogens with zero attached hydrogens (tertiary/aromatic N) is 1. The molecular formula is C32H53NO3. The Bertz CT molecular complexity index is 738. The molecule has 1 spiro atoms. The largest absolute Gasteiger partial charge is 0.388 e. The highest BCUT2D eigenvalue weighted by Gasteiger charge is 2.45. The zero-order valence-corrected chi connectivity index (χ0v) is 23.1. The predicted molar refractivity (Wildman–Crippen MR) is 147 cm³/mol. The molecule has 0 radical (unpaired) electrons. The van der Waals surface area contributed by atoms with Gasteiger partial charge in [0.05, 0.1) is 23.9 Å². The van der Waals surface area contributed by atoms with Crippen molar-refractivity contribution in [3.05, 3.63) is 11.8 Å². The van der Waals surface area contributed by atoms with Gasteiger partial charge in [-0.1, -0.05) is 44.9 Å². The van der Waals surface area contributed by atoms with Crippen molar-refractivity contribution in [3.8, 4) is 0 Å². The van der Waals surface area contributed by atoms with Gasteiger partial charge in [-0.3, -0.25) is 4.99 Å². The van der Waals surface area contributed by atoms with Crippen molar-refractivity contribution in [3.63, 3.8) is 0 Å². The first-order valence-corrected chi connectivity index (χ1v) is 15.9. The average Bonchev–Trinajstić information content (AvgIpc) is 3.30. The molecule has 3 atom stereocenters. The van der Waals surface area contributed by atoms with Gasteiger partial charge in [0.1, 0.15) is 0 Å². The van der Waals surface area contributed by atoms with E-state index in [0.29, 0.717) is 24.0 Å². The zero-order chi connectivity index (χ0) is 24.8. The highest BCUT2D eigenvalue weighted by molar-refractivity contribution is 5.88. The highest BCUT2D eigenvalue weighted by atomic mass is 16.5. The fraction of sp³-hybridized carbons (Fsp3) is 0.906. The first kappa shape index (κ1) is 26.9. The van der Waals surface area contributed by atoms with Crippen molar-refractivity contribution in [1.82, 2.24) is 0 Å². The van der Waals surface area contributed by atoms with Gasteiger partial charge < -0.3 is 14.6 Å². The molecule has 0 bridgehead atoms. The van der Waals surface area contributed by atoms with Gasteiger partial charge >= 0.3 is 0 Å². The van der Waals surface area contributed by atoms with Crippen LogP contribution in [0.25, 0.3) is 0 Å². The fourth-order valence-corrected chi connectivity index (χ4v) is 8.33. The van der Waals surface area contributed by atoms with Crippen molar-refractivity contribution in [2.75, 3.05) is 6.61 Å². The molecule has 2 aliphatic heterocycles. The van der Waals surface area contributed by atoms with Gasteiger partial charge in [-0.05, 0) is 107 Å². The summed E-state index contributed by atoms with van der Waals surface area (Å²) in [5.41, 5.74) is 2.55. The van der Waals surface area contributed by atoms with Crippen molar-refractivity contribution in [2.45, 2.75) is 159 Å². The van der Waals surface area contributed by atoms with E-state index >= 15 is 0 Å². The van der Waals surface area contributed by atoms with Gasteiger partial charge in [-0.2, -0.15) is 0 Å². The Morgan fingerprint density at radius 3 is 2.28 bits per heavy atom. The second kappa shape index (κ2) is 12.9. The van der Waals surface area contributed by atoms with E-state index in [4.69, 9.17) is 14.5 Å². The van der Waals surface area contributed by atoms with Crippen LogP contribution in [0.4, 0.5) is 0 Å². The predicted octanol–water partition coefficient (Wildman–Crippen LogP) is 7.92. The molecule has 1 N–H and O–H groups in total. The number of aliphatic hydroxyl groups excluding tert-OH is 1. The van der Waals surface area contributed by atoms with Crippen LogP contribution < -0.4 is 0 Å². The van der Waals surface area contributed by atoms with Gasteiger partial charge in [0.25, 0.3) is 0 Å². The Morgan fingerprint density at radius 2 is 1.61 bits per heavy atom. The van der Waals surface area contributed by atoms with Crippen molar-refractivity contribution < 1.29 is 14.6 Å². The van der Waals surface area contributed by atoms with E-state index in [1.807, 2.05) is 0 Å². The van der Waals surface area contributed by atoms with Crippen molar-refractivity contribution in [1.29, 1.82) is 0 Å². The Labute approximate surface area is 220 Å². The number of rotatable bonds is 6. The van der Waals surface area contributed by atoms with Gasteiger partial charge in [-0.15, -0.1) is 0 Å². The van der Waals surface area contributed by atoms with Crippen LogP contribution in [0.2, 0.25) is 0 Å². The molecule has 2 heterocycles. The number of hydrogen-bond acceptors (Lipinski definition) is 4. The second-order valence-electron chi connectivity index (χ2n) is 12.9. The number of aliphatic hydroxyl groups is 1. The summed E-state index contributed by atoms with van der Waals surface area (Å²) in [5.74, 6) is 1.79. The Balaban J connectivity index is 1.21. The fourth-order valence-electron chi connectivity index (χ4n) is 8.33. The number of ether oxygens (including phenoxy) is 2. The summed E-state index contributed by atoms with van der Waals surface area (Å²) in [6.45, 7) is 2.93. The minimum absolute atomic E-state index is 0.0449. The standard InChI is InChI=1S/C32H53NO3/c1-2-35-28-15-17-30(25-12-6-3-4-7-13-25)36-32(22-28)20-18-26(19-21-32)31(34)27-14-16-29(33-23-27)24-10-8-5-9-11-24/h23-26,28,30-31,34H,2-22H2,1H3/t26?,28?,30?,31-,32?/m0/s1. The van der Waals surface area contributed by atoms with E-state index in [-0.39, 0.29) is 11.7 Å². The van der Waals surface area contributed by atoms with Gasteiger partial charge in [0.2, 0.25) is 0 Å².